The van der Waals surface area contributed by atoms with Crippen molar-refractivity contribution in [3.8, 4) is 0 Å². The zero-order valence-corrected chi connectivity index (χ0v) is 17.1. The van der Waals surface area contributed by atoms with E-state index in [2.05, 4.69) is 21.0 Å². The van der Waals surface area contributed by atoms with Crippen LogP contribution in [-0.2, 0) is 14.2 Å². The largest absolute Gasteiger partial charge is 0.456 e. The summed E-state index contributed by atoms with van der Waals surface area (Å²) < 4.78 is 19.5. The second-order valence-electron chi connectivity index (χ2n) is 6.64. The summed E-state index contributed by atoms with van der Waals surface area (Å²) in [6.07, 6.45) is 1.07. The molecule has 2 heterocycles. The van der Waals surface area contributed by atoms with E-state index in [1.165, 1.54) is 0 Å². The maximum Gasteiger partial charge on any atom is 0.343 e. The van der Waals surface area contributed by atoms with Gasteiger partial charge in [-0.25, -0.2) is 9.31 Å². The minimum absolute atomic E-state index is 0.381. The van der Waals surface area contributed by atoms with Gasteiger partial charge in [-0.15, -0.1) is 0 Å². The number of aryl methyl sites for hydroxylation is 1. The molecule has 0 radical (unpaired) electrons. The van der Waals surface area contributed by atoms with E-state index in [0.717, 1.165) is 10.0 Å². The van der Waals surface area contributed by atoms with E-state index in [-0.39, 0.29) is 0 Å². The third kappa shape index (κ3) is 4.59. The van der Waals surface area contributed by atoms with Gasteiger partial charge in [-0.05, 0) is 69.1 Å². The first-order chi connectivity index (χ1) is 11.7. The second-order valence-corrected chi connectivity index (χ2v) is 7.55. The fourth-order valence-corrected chi connectivity index (χ4v) is 3.09. The van der Waals surface area contributed by atoms with Crippen LogP contribution in [0.25, 0.3) is 5.52 Å². The molecule has 0 saturated heterocycles. The summed E-state index contributed by atoms with van der Waals surface area (Å²) in [5, 5.41) is 4.56. The Labute approximate surface area is 156 Å². The van der Waals surface area contributed by atoms with Crippen molar-refractivity contribution in [2.75, 3.05) is 13.2 Å². The number of pyridine rings is 1. The van der Waals surface area contributed by atoms with Crippen LogP contribution in [0.2, 0.25) is 0 Å². The quantitative estimate of drug-likeness (QED) is 0.518. The lowest BCUT2D eigenvalue weighted by Gasteiger charge is -2.21. The molecule has 0 unspecified atom stereocenters. The highest BCUT2D eigenvalue weighted by atomic mass is 79.9. The second kappa shape index (κ2) is 7.85. The number of aromatic nitrogens is 2. The lowest BCUT2D eigenvalue weighted by Crippen LogP contribution is -2.25. The van der Waals surface area contributed by atoms with Crippen LogP contribution >= 0.6 is 15.9 Å². The average Bonchev–Trinajstić information content (AvgIpc) is 2.84. The van der Waals surface area contributed by atoms with Crippen LogP contribution in [-0.4, -0.2) is 34.4 Å². The Balaban J connectivity index is 2.68. The molecule has 0 amide bonds. The van der Waals surface area contributed by atoms with Gasteiger partial charge in [-0.3, -0.25) is 0 Å². The minimum atomic E-state index is -0.726. The van der Waals surface area contributed by atoms with E-state index < -0.39 is 17.9 Å². The highest BCUT2D eigenvalue weighted by Gasteiger charge is 2.31. The van der Waals surface area contributed by atoms with Crippen LogP contribution in [0.1, 0.15) is 62.5 Å². The molecule has 0 aromatic carbocycles. The molecule has 6 nitrogen and oxygen atoms in total. The van der Waals surface area contributed by atoms with Crippen LogP contribution in [0.4, 0.5) is 0 Å². The number of rotatable bonds is 6. The molecule has 2 aromatic rings. The van der Waals surface area contributed by atoms with Gasteiger partial charge in [-0.1, -0.05) is 0 Å². The van der Waals surface area contributed by atoms with Crippen molar-refractivity contribution in [1.82, 2.24) is 9.61 Å². The van der Waals surface area contributed by atoms with Crippen LogP contribution in [0.15, 0.2) is 16.7 Å². The Morgan fingerprint density at radius 1 is 1.28 bits per heavy atom. The van der Waals surface area contributed by atoms with E-state index in [1.54, 1.807) is 10.7 Å². The fraction of sp³-hybridized carbons (Fsp3) is 0.556. The van der Waals surface area contributed by atoms with Gasteiger partial charge in [0.05, 0.1) is 5.52 Å². The average molecular weight is 413 g/mol. The monoisotopic (exact) mass is 412 g/mol. The van der Waals surface area contributed by atoms with Crippen molar-refractivity contribution in [3.63, 3.8) is 0 Å². The molecule has 0 aliphatic heterocycles. The first-order valence-corrected chi connectivity index (χ1v) is 9.12. The predicted octanol–water partition coefficient (Wildman–Crippen LogP) is 4.43. The molecule has 0 aliphatic rings. The van der Waals surface area contributed by atoms with Gasteiger partial charge in [0.1, 0.15) is 16.9 Å². The van der Waals surface area contributed by atoms with Crippen LogP contribution < -0.4 is 0 Å². The zero-order chi connectivity index (χ0) is 18.8. The Hall–Kier alpha value is -1.44. The summed E-state index contributed by atoms with van der Waals surface area (Å²) in [5.41, 5.74) is 1.79. The van der Waals surface area contributed by atoms with Crippen molar-refractivity contribution in [2.45, 2.75) is 53.4 Å². The SMILES string of the molecule is CCOC(OCC)c1nn2cc(Br)cc(C)c2c1C(=O)OC(C)(C)C. The number of esters is 1. The summed E-state index contributed by atoms with van der Waals surface area (Å²) in [6, 6.07) is 1.94. The number of fused-ring (bicyclic) bond motifs is 1. The molecule has 0 N–H and O–H groups in total. The molecule has 0 saturated carbocycles. The maximum atomic E-state index is 12.9. The molecule has 138 valence electrons. The summed E-state index contributed by atoms with van der Waals surface area (Å²) in [4.78, 5) is 12.9. The molecule has 2 rings (SSSR count). The Kier molecular flexibility index (Phi) is 6.24. The Bertz CT molecular complexity index is 759. The number of ether oxygens (including phenoxy) is 3. The maximum absolute atomic E-state index is 12.9. The summed E-state index contributed by atoms with van der Waals surface area (Å²) in [5.74, 6) is -0.438. The van der Waals surface area contributed by atoms with Crippen molar-refractivity contribution in [3.05, 3.63) is 33.6 Å². The number of hydrogen-bond donors (Lipinski definition) is 0. The Morgan fingerprint density at radius 2 is 1.88 bits per heavy atom. The number of halogens is 1. The van der Waals surface area contributed by atoms with Gasteiger partial charge in [-0.2, -0.15) is 5.10 Å². The van der Waals surface area contributed by atoms with Crippen molar-refractivity contribution in [2.24, 2.45) is 0 Å². The highest BCUT2D eigenvalue weighted by molar-refractivity contribution is 9.10. The molecule has 25 heavy (non-hydrogen) atoms. The third-order valence-electron chi connectivity index (χ3n) is 3.37. The number of carbonyl (C=O) groups is 1. The van der Waals surface area contributed by atoms with Crippen molar-refractivity contribution >= 4 is 27.4 Å². The molecule has 0 aliphatic carbocycles. The van der Waals surface area contributed by atoms with Gasteiger partial charge in [0, 0.05) is 23.9 Å². The number of hydrogen-bond acceptors (Lipinski definition) is 5. The van der Waals surface area contributed by atoms with Crippen molar-refractivity contribution < 1.29 is 19.0 Å². The molecule has 2 aromatic heterocycles. The molecule has 7 heteroatoms. The lowest BCUT2D eigenvalue weighted by molar-refractivity contribution is -0.143. The van der Waals surface area contributed by atoms with E-state index in [1.807, 2.05) is 47.6 Å². The van der Waals surface area contributed by atoms with Crippen LogP contribution in [0.5, 0.6) is 0 Å². The summed E-state index contributed by atoms with van der Waals surface area (Å²) in [6.45, 7) is 12.1. The van der Waals surface area contributed by atoms with Gasteiger partial charge < -0.3 is 14.2 Å². The third-order valence-corrected chi connectivity index (χ3v) is 3.81. The van der Waals surface area contributed by atoms with Gasteiger partial charge >= 0.3 is 5.97 Å². The standard InChI is InChI=1S/C18H25BrN2O4/c1-7-23-17(24-8-2)14-13(16(22)25-18(4,5)6)15-11(3)9-12(19)10-21(15)20-14/h9-10,17H,7-8H2,1-6H3. The van der Waals surface area contributed by atoms with E-state index in [4.69, 9.17) is 14.2 Å². The van der Waals surface area contributed by atoms with Gasteiger partial charge in [0.25, 0.3) is 0 Å². The molecule has 0 atom stereocenters. The Morgan fingerprint density at radius 3 is 2.40 bits per heavy atom. The lowest BCUT2D eigenvalue weighted by atomic mass is 10.1. The highest BCUT2D eigenvalue weighted by Crippen LogP contribution is 2.30. The van der Waals surface area contributed by atoms with Crippen molar-refractivity contribution in [1.29, 1.82) is 0 Å². The summed E-state index contributed by atoms with van der Waals surface area (Å²) >= 11 is 3.46. The smallest absolute Gasteiger partial charge is 0.343 e. The normalized spacial score (nSPS) is 12.2. The molecule has 0 fully saturated rings. The predicted molar refractivity (Wildman–Crippen MR) is 98.8 cm³/mol. The van der Waals surface area contributed by atoms with Crippen LogP contribution in [0.3, 0.4) is 0 Å². The fourth-order valence-electron chi connectivity index (χ4n) is 2.56. The molecule has 0 spiro atoms. The van der Waals surface area contributed by atoms with Crippen LogP contribution in [0, 0.1) is 6.92 Å². The zero-order valence-electron chi connectivity index (χ0n) is 15.6. The van der Waals surface area contributed by atoms with Gasteiger partial charge in [0.2, 0.25) is 6.29 Å². The van der Waals surface area contributed by atoms with E-state index in [9.17, 15) is 4.79 Å². The molecular formula is C18H25BrN2O4. The van der Waals surface area contributed by atoms with E-state index in [0.29, 0.717) is 30.0 Å². The minimum Gasteiger partial charge on any atom is -0.456 e. The summed E-state index contributed by atoms with van der Waals surface area (Å²) in [7, 11) is 0. The first kappa shape index (κ1) is 19.9. The van der Waals surface area contributed by atoms with E-state index >= 15 is 0 Å². The number of carbonyl (C=O) groups excluding carboxylic acids is 1. The number of nitrogens with zero attached hydrogens (tertiary/aromatic N) is 2. The topological polar surface area (TPSA) is 62.1 Å². The molecule has 0 bridgehead atoms. The molecular weight excluding hydrogens is 388 g/mol. The first-order valence-electron chi connectivity index (χ1n) is 8.32. The van der Waals surface area contributed by atoms with Gasteiger partial charge in [0.15, 0.2) is 0 Å².